The van der Waals surface area contributed by atoms with Crippen molar-refractivity contribution in [2.45, 2.75) is 37.8 Å². The van der Waals surface area contributed by atoms with Crippen molar-refractivity contribution in [1.29, 1.82) is 0 Å². The number of carbonyl (C=O) groups excluding carboxylic acids is 1. The molecule has 162 valence electrons. The molecule has 2 aromatic carbocycles. The average molecular weight is 462 g/mol. The van der Waals surface area contributed by atoms with Gasteiger partial charge >= 0.3 is 0 Å². The van der Waals surface area contributed by atoms with Gasteiger partial charge in [-0.1, -0.05) is 47.7 Å². The zero-order chi connectivity index (χ0) is 22.1. The first-order valence-electron chi connectivity index (χ1n) is 10.5. The number of thioether (sulfide) groups is 1. The molecular formula is C24H23N5OS2. The minimum absolute atomic E-state index is 0.104. The topological polar surface area (TPSA) is 72.7 Å². The third-order valence-corrected chi connectivity index (χ3v) is 7.05. The van der Waals surface area contributed by atoms with E-state index in [2.05, 4.69) is 57.1 Å². The van der Waals surface area contributed by atoms with E-state index in [1.807, 2.05) is 35.7 Å². The van der Waals surface area contributed by atoms with Gasteiger partial charge in [0.05, 0.1) is 11.4 Å². The number of para-hydroxylation sites is 1. The second-order valence-corrected chi connectivity index (χ2v) is 9.78. The van der Waals surface area contributed by atoms with Crippen molar-refractivity contribution in [2.75, 3.05) is 11.1 Å². The standard InChI is InChI=1S/C24H23N5OS2/c1-15-8-9-16(2)19(12-15)20-13-31-23(25-20)26-21(30)14-32-24-28-27-22(17-10-11-17)29(24)18-6-4-3-5-7-18/h3-9,12-13,17H,10-11,14H2,1-2H3,(H,25,26,30). The van der Waals surface area contributed by atoms with Crippen molar-refractivity contribution in [3.63, 3.8) is 0 Å². The van der Waals surface area contributed by atoms with Gasteiger partial charge in [-0.2, -0.15) is 0 Å². The summed E-state index contributed by atoms with van der Waals surface area (Å²) >= 11 is 2.84. The van der Waals surface area contributed by atoms with Crippen molar-refractivity contribution < 1.29 is 4.79 Å². The highest BCUT2D eigenvalue weighted by molar-refractivity contribution is 7.99. The Kier molecular flexibility index (Phi) is 5.80. The quantitative estimate of drug-likeness (QED) is 0.362. The second kappa shape index (κ2) is 8.88. The molecule has 1 saturated carbocycles. The smallest absolute Gasteiger partial charge is 0.236 e. The fourth-order valence-electron chi connectivity index (χ4n) is 3.55. The molecule has 1 fully saturated rings. The van der Waals surface area contributed by atoms with Crippen LogP contribution in [0.3, 0.4) is 0 Å². The monoisotopic (exact) mass is 461 g/mol. The van der Waals surface area contributed by atoms with Crippen LogP contribution in [-0.2, 0) is 4.79 Å². The molecule has 6 nitrogen and oxygen atoms in total. The van der Waals surface area contributed by atoms with Crippen LogP contribution in [-0.4, -0.2) is 31.4 Å². The van der Waals surface area contributed by atoms with Crippen molar-refractivity contribution in [3.8, 4) is 16.9 Å². The molecule has 0 aliphatic heterocycles. The summed E-state index contributed by atoms with van der Waals surface area (Å²) in [6, 6.07) is 16.4. The Hall–Kier alpha value is -2.97. The first-order chi connectivity index (χ1) is 15.6. The molecule has 0 radical (unpaired) electrons. The second-order valence-electron chi connectivity index (χ2n) is 7.98. The Bertz CT molecular complexity index is 1260. The molecule has 4 aromatic rings. The number of thiazole rings is 1. The zero-order valence-electron chi connectivity index (χ0n) is 17.9. The number of amides is 1. The molecule has 0 unspecified atom stereocenters. The highest BCUT2D eigenvalue weighted by Crippen LogP contribution is 2.41. The van der Waals surface area contributed by atoms with E-state index in [4.69, 9.17) is 0 Å². The Morgan fingerprint density at radius 3 is 2.75 bits per heavy atom. The van der Waals surface area contributed by atoms with Gasteiger partial charge in [0.25, 0.3) is 0 Å². The number of benzene rings is 2. The number of nitrogens with one attached hydrogen (secondary N) is 1. The molecule has 8 heteroatoms. The van der Waals surface area contributed by atoms with E-state index < -0.39 is 0 Å². The molecule has 0 bridgehead atoms. The van der Waals surface area contributed by atoms with E-state index in [1.54, 1.807) is 0 Å². The maximum absolute atomic E-state index is 12.6. The number of anilines is 1. The summed E-state index contributed by atoms with van der Waals surface area (Å²) in [7, 11) is 0. The Morgan fingerprint density at radius 1 is 1.16 bits per heavy atom. The minimum atomic E-state index is -0.104. The summed E-state index contributed by atoms with van der Waals surface area (Å²) in [5.41, 5.74) is 5.37. The van der Waals surface area contributed by atoms with Gasteiger partial charge in [0.15, 0.2) is 10.3 Å². The Labute approximate surface area is 195 Å². The van der Waals surface area contributed by atoms with Crippen LogP contribution in [0.4, 0.5) is 5.13 Å². The van der Waals surface area contributed by atoms with Gasteiger partial charge in [-0.25, -0.2) is 4.98 Å². The summed E-state index contributed by atoms with van der Waals surface area (Å²) < 4.78 is 2.08. The zero-order valence-corrected chi connectivity index (χ0v) is 19.5. The summed E-state index contributed by atoms with van der Waals surface area (Å²) in [5.74, 6) is 1.59. The lowest BCUT2D eigenvalue weighted by Gasteiger charge is -2.09. The highest BCUT2D eigenvalue weighted by atomic mass is 32.2. The molecule has 2 heterocycles. The third-order valence-electron chi connectivity index (χ3n) is 5.37. The van der Waals surface area contributed by atoms with Crippen LogP contribution in [0.5, 0.6) is 0 Å². The number of carbonyl (C=O) groups is 1. The van der Waals surface area contributed by atoms with E-state index in [0.717, 1.165) is 40.8 Å². The lowest BCUT2D eigenvalue weighted by atomic mass is 10.0. The summed E-state index contributed by atoms with van der Waals surface area (Å²) in [5, 5.41) is 15.1. The molecule has 1 aliphatic carbocycles. The van der Waals surface area contributed by atoms with E-state index in [0.29, 0.717) is 11.0 Å². The Morgan fingerprint density at radius 2 is 1.97 bits per heavy atom. The molecule has 2 aromatic heterocycles. The van der Waals surface area contributed by atoms with E-state index in [9.17, 15) is 4.79 Å². The SMILES string of the molecule is Cc1ccc(C)c(-c2csc(NC(=O)CSc3nnc(C4CC4)n3-c3ccccc3)n2)c1. The van der Waals surface area contributed by atoms with Crippen LogP contribution in [0.15, 0.2) is 59.1 Å². The average Bonchev–Trinajstić information content (AvgIpc) is 3.39. The summed E-state index contributed by atoms with van der Waals surface area (Å²) in [4.78, 5) is 17.3. The number of nitrogens with zero attached hydrogens (tertiary/aromatic N) is 4. The van der Waals surface area contributed by atoms with Crippen LogP contribution in [0.2, 0.25) is 0 Å². The number of hydrogen-bond donors (Lipinski definition) is 1. The molecule has 1 N–H and O–H groups in total. The van der Waals surface area contributed by atoms with Crippen molar-refractivity contribution >= 4 is 34.1 Å². The predicted molar refractivity (Wildman–Crippen MR) is 130 cm³/mol. The van der Waals surface area contributed by atoms with Gasteiger partial charge < -0.3 is 5.32 Å². The van der Waals surface area contributed by atoms with Gasteiger partial charge in [0.1, 0.15) is 5.82 Å². The number of aryl methyl sites for hydroxylation is 2. The van der Waals surface area contributed by atoms with Gasteiger partial charge in [-0.15, -0.1) is 21.5 Å². The first-order valence-corrected chi connectivity index (χ1v) is 12.4. The lowest BCUT2D eigenvalue weighted by molar-refractivity contribution is -0.113. The van der Waals surface area contributed by atoms with Crippen LogP contribution in [0.25, 0.3) is 16.9 Å². The summed E-state index contributed by atoms with van der Waals surface area (Å²) in [6.07, 6.45) is 2.28. The molecule has 0 spiro atoms. The molecule has 1 amide bonds. The maximum Gasteiger partial charge on any atom is 0.236 e. The van der Waals surface area contributed by atoms with E-state index in [-0.39, 0.29) is 11.7 Å². The molecule has 32 heavy (non-hydrogen) atoms. The number of hydrogen-bond acceptors (Lipinski definition) is 6. The van der Waals surface area contributed by atoms with E-state index >= 15 is 0 Å². The minimum Gasteiger partial charge on any atom is -0.301 e. The fourth-order valence-corrected chi connectivity index (χ4v) is 5.04. The van der Waals surface area contributed by atoms with Crippen LogP contribution >= 0.6 is 23.1 Å². The predicted octanol–water partition coefficient (Wildman–Crippen LogP) is 5.62. The van der Waals surface area contributed by atoms with Crippen LogP contribution < -0.4 is 5.32 Å². The Balaban J connectivity index is 1.27. The molecule has 0 atom stereocenters. The van der Waals surface area contributed by atoms with Crippen LogP contribution in [0.1, 0.15) is 35.7 Å². The van der Waals surface area contributed by atoms with Crippen molar-refractivity contribution in [3.05, 3.63) is 70.9 Å². The first kappa shape index (κ1) is 20.9. The van der Waals surface area contributed by atoms with Gasteiger partial charge in [-0.3, -0.25) is 9.36 Å². The molecule has 0 saturated heterocycles. The maximum atomic E-state index is 12.6. The molecule has 1 aliphatic rings. The van der Waals surface area contributed by atoms with Gasteiger partial charge in [0.2, 0.25) is 5.91 Å². The van der Waals surface area contributed by atoms with Crippen molar-refractivity contribution in [1.82, 2.24) is 19.7 Å². The van der Waals surface area contributed by atoms with Crippen molar-refractivity contribution in [2.24, 2.45) is 0 Å². The van der Waals surface area contributed by atoms with Gasteiger partial charge in [-0.05, 0) is 50.5 Å². The third kappa shape index (κ3) is 4.47. The highest BCUT2D eigenvalue weighted by Gasteiger charge is 2.31. The summed E-state index contributed by atoms with van der Waals surface area (Å²) in [6.45, 7) is 4.14. The fraction of sp³-hybridized carbons (Fsp3) is 0.250. The molecule has 5 rings (SSSR count). The van der Waals surface area contributed by atoms with Gasteiger partial charge in [0, 0.05) is 22.5 Å². The normalized spacial score (nSPS) is 13.3. The van der Waals surface area contributed by atoms with Crippen LogP contribution in [0, 0.1) is 13.8 Å². The largest absolute Gasteiger partial charge is 0.301 e. The van der Waals surface area contributed by atoms with E-state index in [1.165, 1.54) is 34.2 Å². The number of rotatable bonds is 7. The number of aromatic nitrogens is 4. The molecular weight excluding hydrogens is 438 g/mol. The lowest BCUT2D eigenvalue weighted by Crippen LogP contribution is -2.14.